The van der Waals surface area contributed by atoms with Gasteiger partial charge in [-0.05, 0) is 38.5 Å². The van der Waals surface area contributed by atoms with Crippen LogP contribution in [0.15, 0.2) is 30.3 Å². The molecule has 2 rings (SSSR count). The van der Waals surface area contributed by atoms with Crippen LogP contribution in [0.3, 0.4) is 0 Å². The van der Waals surface area contributed by atoms with Crippen molar-refractivity contribution in [1.82, 2.24) is 10.2 Å². The molecule has 1 aromatic rings. The maximum absolute atomic E-state index is 3.68. The van der Waals surface area contributed by atoms with E-state index in [0.29, 0.717) is 0 Å². The Morgan fingerprint density at radius 2 is 2.11 bits per heavy atom. The average Bonchev–Trinajstić information content (AvgIpc) is 2.82. The second-order valence-corrected chi connectivity index (χ2v) is 7.08. The third-order valence-corrected chi connectivity index (χ3v) is 5.00. The fourth-order valence-electron chi connectivity index (χ4n) is 2.59. The predicted octanol–water partition coefficient (Wildman–Crippen LogP) is 2.99. The van der Waals surface area contributed by atoms with Gasteiger partial charge in [0.1, 0.15) is 0 Å². The Kier molecular flexibility index (Phi) is 6.21. The first-order chi connectivity index (χ1) is 9.24. The van der Waals surface area contributed by atoms with E-state index >= 15 is 0 Å². The van der Waals surface area contributed by atoms with E-state index in [0.717, 1.165) is 30.9 Å². The smallest absolute Gasteiger partial charge is 0.0230 e. The zero-order valence-corrected chi connectivity index (χ0v) is 13.0. The molecule has 0 aromatic heterocycles. The minimum Gasteiger partial charge on any atom is -0.313 e. The van der Waals surface area contributed by atoms with Crippen LogP contribution in [0.5, 0.6) is 0 Å². The molecule has 3 heteroatoms. The van der Waals surface area contributed by atoms with Gasteiger partial charge >= 0.3 is 0 Å². The molecular weight excluding hydrogens is 252 g/mol. The highest BCUT2D eigenvalue weighted by Gasteiger charge is 2.20. The third-order valence-electron chi connectivity index (χ3n) is 3.64. The molecule has 2 unspecified atom stereocenters. The number of hydrogen-bond donors (Lipinski definition) is 1. The van der Waals surface area contributed by atoms with Gasteiger partial charge in [0.15, 0.2) is 0 Å². The average molecular weight is 278 g/mol. The Bertz CT molecular complexity index is 355. The lowest BCUT2D eigenvalue weighted by molar-refractivity contribution is 0.317. The van der Waals surface area contributed by atoms with E-state index in [2.05, 4.69) is 66.3 Å². The lowest BCUT2D eigenvalue weighted by Gasteiger charge is -2.18. The summed E-state index contributed by atoms with van der Waals surface area (Å²) in [4.78, 5) is 2.41. The van der Waals surface area contributed by atoms with Gasteiger partial charge in [-0.3, -0.25) is 0 Å². The van der Waals surface area contributed by atoms with Crippen molar-refractivity contribution in [3.63, 3.8) is 0 Å². The van der Waals surface area contributed by atoms with E-state index < -0.39 is 0 Å². The Morgan fingerprint density at radius 3 is 2.79 bits per heavy atom. The van der Waals surface area contributed by atoms with Crippen molar-refractivity contribution in [3.8, 4) is 0 Å². The molecule has 0 amide bonds. The highest BCUT2D eigenvalue weighted by Crippen LogP contribution is 2.25. The minimum absolute atomic E-state index is 0.749. The zero-order valence-electron chi connectivity index (χ0n) is 12.1. The first kappa shape index (κ1) is 14.9. The monoisotopic (exact) mass is 278 g/mol. The Morgan fingerprint density at radius 1 is 1.32 bits per heavy atom. The van der Waals surface area contributed by atoms with Crippen LogP contribution in [0.1, 0.15) is 25.3 Å². The van der Waals surface area contributed by atoms with Crippen molar-refractivity contribution >= 4 is 11.8 Å². The fourth-order valence-corrected chi connectivity index (χ4v) is 3.77. The van der Waals surface area contributed by atoms with Crippen molar-refractivity contribution in [2.75, 3.05) is 25.9 Å². The molecule has 0 spiro atoms. The van der Waals surface area contributed by atoms with Gasteiger partial charge < -0.3 is 10.2 Å². The number of hydrogen-bond acceptors (Lipinski definition) is 3. The summed E-state index contributed by atoms with van der Waals surface area (Å²) in [7, 11) is 2.21. The minimum atomic E-state index is 0.749. The summed E-state index contributed by atoms with van der Waals surface area (Å²) in [6.45, 7) is 5.70. The SMILES string of the molecule is CC1CC(NCCCN(C)Cc2ccccc2)CS1. The molecule has 1 N–H and O–H groups in total. The normalized spacial score (nSPS) is 23.1. The molecule has 1 heterocycles. The van der Waals surface area contributed by atoms with Crippen LogP contribution < -0.4 is 5.32 Å². The maximum Gasteiger partial charge on any atom is 0.0230 e. The lowest BCUT2D eigenvalue weighted by atomic mass is 10.2. The van der Waals surface area contributed by atoms with Crippen molar-refractivity contribution < 1.29 is 0 Å². The van der Waals surface area contributed by atoms with Crippen LogP contribution in [0.25, 0.3) is 0 Å². The summed E-state index contributed by atoms with van der Waals surface area (Å²) in [6.07, 6.45) is 2.57. The zero-order chi connectivity index (χ0) is 13.5. The first-order valence-corrected chi connectivity index (χ1v) is 8.36. The van der Waals surface area contributed by atoms with E-state index in [4.69, 9.17) is 0 Å². The van der Waals surface area contributed by atoms with Gasteiger partial charge in [-0.2, -0.15) is 11.8 Å². The van der Waals surface area contributed by atoms with Crippen molar-refractivity contribution in [3.05, 3.63) is 35.9 Å². The van der Waals surface area contributed by atoms with Gasteiger partial charge in [0.05, 0.1) is 0 Å². The Hall–Kier alpha value is -0.510. The van der Waals surface area contributed by atoms with E-state index in [9.17, 15) is 0 Å². The summed E-state index contributed by atoms with van der Waals surface area (Å²) in [5.41, 5.74) is 1.40. The van der Waals surface area contributed by atoms with Gasteiger partial charge in [0.25, 0.3) is 0 Å². The number of thioether (sulfide) groups is 1. The second kappa shape index (κ2) is 7.93. The molecule has 1 aliphatic rings. The van der Waals surface area contributed by atoms with Crippen molar-refractivity contribution in [2.24, 2.45) is 0 Å². The molecule has 19 heavy (non-hydrogen) atoms. The number of rotatable bonds is 7. The Labute approximate surface area is 122 Å². The van der Waals surface area contributed by atoms with Gasteiger partial charge in [-0.25, -0.2) is 0 Å². The first-order valence-electron chi connectivity index (χ1n) is 7.31. The predicted molar refractivity (Wildman–Crippen MR) is 85.7 cm³/mol. The summed E-state index contributed by atoms with van der Waals surface area (Å²) >= 11 is 2.10. The quantitative estimate of drug-likeness (QED) is 0.772. The van der Waals surface area contributed by atoms with E-state index in [1.165, 1.54) is 24.2 Å². The van der Waals surface area contributed by atoms with Crippen LogP contribution in [-0.2, 0) is 6.54 Å². The van der Waals surface area contributed by atoms with E-state index in [1.54, 1.807) is 0 Å². The lowest BCUT2D eigenvalue weighted by Crippen LogP contribution is -2.32. The summed E-state index contributed by atoms with van der Waals surface area (Å²) in [5.74, 6) is 1.29. The van der Waals surface area contributed by atoms with Crippen LogP contribution in [0.2, 0.25) is 0 Å². The topological polar surface area (TPSA) is 15.3 Å². The molecule has 106 valence electrons. The molecule has 1 fully saturated rings. The molecule has 0 aliphatic carbocycles. The van der Waals surface area contributed by atoms with Crippen LogP contribution in [-0.4, -0.2) is 42.1 Å². The summed E-state index contributed by atoms with van der Waals surface area (Å²) in [5, 5.41) is 4.53. The van der Waals surface area contributed by atoms with Crippen molar-refractivity contribution in [1.29, 1.82) is 0 Å². The number of nitrogens with zero attached hydrogens (tertiary/aromatic N) is 1. The van der Waals surface area contributed by atoms with Gasteiger partial charge in [0, 0.05) is 23.6 Å². The molecule has 0 bridgehead atoms. The molecular formula is C16H26N2S. The van der Waals surface area contributed by atoms with Crippen LogP contribution >= 0.6 is 11.8 Å². The number of benzene rings is 1. The highest BCUT2D eigenvalue weighted by atomic mass is 32.2. The van der Waals surface area contributed by atoms with Gasteiger partial charge in [-0.1, -0.05) is 37.3 Å². The standard InChI is InChI=1S/C16H26N2S/c1-14-11-16(13-19-14)17-9-6-10-18(2)12-15-7-4-3-5-8-15/h3-5,7-8,14,16-17H,6,9-13H2,1-2H3. The van der Waals surface area contributed by atoms with Crippen LogP contribution in [0.4, 0.5) is 0 Å². The molecule has 0 saturated carbocycles. The molecule has 1 aliphatic heterocycles. The summed E-state index contributed by atoms with van der Waals surface area (Å²) < 4.78 is 0. The number of nitrogens with one attached hydrogen (secondary N) is 1. The Balaban J connectivity index is 1.55. The van der Waals surface area contributed by atoms with E-state index in [1.807, 2.05) is 0 Å². The molecule has 0 radical (unpaired) electrons. The van der Waals surface area contributed by atoms with Crippen LogP contribution in [0, 0.1) is 0 Å². The highest BCUT2D eigenvalue weighted by molar-refractivity contribution is 8.00. The van der Waals surface area contributed by atoms with Gasteiger partial charge in [-0.15, -0.1) is 0 Å². The fraction of sp³-hybridized carbons (Fsp3) is 0.625. The molecule has 1 saturated heterocycles. The second-order valence-electron chi connectivity index (χ2n) is 5.61. The maximum atomic E-state index is 3.68. The summed E-state index contributed by atoms with van der Waals surface area (Å²) in [6, 6.07) is 11.5. The van der Waals surface area contributed by atoms with Gasteiger partial charge in [0.2, 0.25) is 0 Å². The van der Waals surface area contributed by atoms with Crippen molar-refractivity contribution in [2.45, 2.75) is 37.6 Å². The molecule has 2 nitrogen and oxygen atoms in total. The van der Waals surface area contributed by atoms with E-state index in [-0.39, 0.29) is 0 Å². The molecule has 2 atom stereocenters. The molecule has 1 aromatic carbocycles. The third kappa shape index (κ3) is 5.55. The largest absolute Gasteiger partial charge is 0.313 e.